The normalized spacial score (nSPS) is 11.5. The number of rotatable bonds is 3. The van der Waals surface area contributed by atoms with Gasteiger partial charge in [-0.05, 0) is 41.5 Å². The molecule has 0 radical (unpaired) electrons. The van der Waals surface area contributed by atoms with Crippen molar-refractivity contribution in [3.63, 3.8) is 0 Å². The average molecular weight is 287 g/mol. The van der Waals surface area contributed by atoms with Gasteiger partial charge in [0.2, 0.25) is 5.91 Å². The average Bonchev–Trinajstić information content (AvgIpc) is 2.83. The number of hydrogen-bond donors (Lipinski definition) is 1. The fraction of sp³-hybridized carbons (Fsp3) is 0.467. The monoisotopic (exact) mass is 287 g/mol. The Morgan fingerprint density at radius 2 is 2.00 bits per heavy atom. The summed E-state index contributed by atoms with van der Waals surface area (Å²) in [4.78, 5) is 12.2. The van der Waals surface area contributed by atoms with E-state index in [1.165, 1.54) is 0 Å². The van der Waals surface area contributed by atoms with E-state index in [4.69, 9.17) is 0 Å². The SMILES string of the molecule is Cc1cccc(NC(=O)Cn2nnnc2C(C)(C)C)c1C. The van der Waals surface area contributed by atoms with Crippen molar-refractivity contribution in [3.05, 3.63) is 35.2 Å². The maximum absolute atomic E-state index is 12.2. The molecule has 0 fully saturated rings. The first-order valence-electron chi connectivity index (χ1n) is 6.92. The molecule has 0 aliphatic carbocycles. The molecule has 0 spiro atoms. The van der Waals surface area contributed by atoms with Crippen molar-refractivity contribution in [1.29, 1.82) is 0 Å². The van der Waals surface area contributed by atoms with Gasteiger partial charge >= 0.3 is 0 Å². The zero-order valence-corrected chi connectivity index (χ0v) is 13.1. The third kappa shape index (κ3) is 3.45. The molecule has 112 valence electrons. The Labute approximate surface area is 124 Å². The summed E-state index contributed by atoms with van der Waals surface area (Å²) in [5, 5.41) is 14.5. The second-order valence-electron chi connectivity index (χ2n) is 6.21. The lowest BCUT2D eigenvalue weighted by Crippen LogP contribution is -2.26. The van der Waals surface area contributed by atoms with Gasteiger partial charge in [0.1, 0.15) is 6.54 Å². The van der Waals surface area contributed by atoms with Crippen molar-refractivity contribution in [2.24, 2.45) is 0 Å². The van der Waals surface area contributed by atoms with E-state index in [-0.39, 0.29) is 17.9 Å². The molecule has 1 aromatic heterocycles. The van der Waals surface area contributed by atoms with Crippen LogP contribution in [0.5, 0.6) is 0 Å². The third-order valence-electron chi connectivity index (χ3n) is 3.37. The minimum absolute atomic E-state index is 0.104. The van der Waals surface area contributed by atoms with E-state index < -0.39 is 0 Å². The largest absolute Gasteiger partial charge is 0.324 e. The van der Waals surface area contributed by atoms with Gasteiger partial charge in [0, 0.05) is 11.1 Å². The van der Waals surface area contributed by atoms with Crippen molar-refractivity contribution >= 4 is 11.6 Å². The fourth-order valence-corrected chi connectivity index (χ4v) is 2.06. The summed E-state index contributed by atoms with van der Waals surface area (Å²) in [5.41, 5.74) is 2.83. The van der Waals surface area contributed by atoms with Gasteiger partial charge in [-0.1, -0.05) is 32.9 Å². The predicted molar refractivity (Wildman–Crippen MR) is 81.1 cm³/mol. The number of aryl methyl sites for hydroxylation is 1. The van der Waals surface area contributed by atoms with E-state index in [9.17, 15) is 4.79 Å². The second-order valence-corrected chi connectivity index (χ2v) is 6.21. The number of carbonyl (C=O) groups excluding carboxylic acids is 1. The van der Waals surface area contributed by atoms with E-state index >= 15 is 0 Å². The molecule has 1 heterocycles. The highest BCUT2D eigenvalue weighted by molar-refractivity contribution is 5.91. The molecule has 0 aliphatic rings. The first-order valence-corrected chi connectivity index (χ1v) is 6.92. The number of carbonyl (C=O) groups is 1. The first kappa shape index (κ1) is 15.2. The van der Waals surface area contributed by atoms with Crippen molar-refractivity contribution in [2.45, 2.75) is 46.6 Å². The minimum atomic E-state index is -0.205. The summed E-state index contributed by atoms with van der Waals surface area (Å²) in [5.74, 6) is 0.556. The molecule has 6 nitrogen and oxygen atoms in total. The van der Waals surface area contributed by atoms with E-state index in [0.717, 1.165) is 16.8 Å². The zero-order valence-electron chi connectivity index (χ0n) is 13.1. The van der Waals surface area contributed by atoms with Crippen LogP contribution in [0.4, 0.5) is 5.69 Å². The van der Waals surface area contributed by atoms with Crippen LogP contribution in [0.15, 0.2) is 18.2 Å². The molecule has 21 heavy (non-hydrogen) atoms. The molecule has 2 rings (SSSR count). The molecular formula is C15H21N5O. The lowest BCUT2D eigenvalue weighted by Gasteiger charge is -2.17. The number of anilines is 1. The maximum Gasteiger partial charge on any atom is 0.246 e. The van der Waals surface area contributed by atoms with Crippen LogP contribution in [0, 0.1) is 13.8 Å². The van der Waals surface area contributed by atoms with Crippen LogP contribution in [0.1, 0.15) is 37.7 Å². The van der Waals surface area contributed by atoms with Crippen LogP contribution in [0.3, 0.4) is 0 Å². The molecular weight excluding hydrogens is 266 g/mol. The summed E-state index contributed by atoms with van der Waals surface area (Å²) in [6.07, 6.45) is 0. The van der Waals surface area contributed by atoms with Crippen molar-refractivity contribution in [2.75, 3.05) is 5.32 Å². The van der Waals surface area contributed by atoms with Gasteiger partial charge in [-0.25, -0.2) is 4.68 Å². The molecule has 1 aromatic carbocycles. The third-order valence-corrected chi connectivity index (χ3v) is 3.37. The van der Waals surface area contributed by atoms with Crippen LogP contribution >= 0.6 is 0 Å². The van der Waals surface area contributed by atoms with Crippen LogP contribution in [-0.4, -0.2) is 26.1 Å². The molecule has 0 unspecified atom stereocenters. The predicted octanol–water partition coefficient (Wildman–Crippen LogP) is 2.23. The van der Waals surface area contributed by atoms with Gasteiger partial charge in [0.15, 0.2) is 5.82 Å². The summed E-state index contributed by atoms with van der Waals surface area (Å²) in [6.45, 7) is 10.1. The molecule has 0 bridgehead atoms. The molecule has 0 aliphatic heterocycles. The van der Waals surface area contributed by atoms with Gasteiger partial charge < -0.3 is 5.32 Å². The summed E-state index contributed by atoms with van der Waals surface area (Å²) in [7, 11) is 0. The van der Waals surface area contributed by atoms with Crippen molar-refractivity contribution in [1.82, 2.24) is 20.2 Å². The number of hydrogen-bond acceptors (Lipinski definition) is 4. The van der Waals surface area contributed by atoms with Crippen LogP contribution in [0.25, 0.3) is 0 Å². The van der Waals surface area contributed by atoms with Crippen molar-refractivity contribution in [3.8, 4) is 0 Å². The van der Waals surface area contributed by atoms with E-state index in [1.807, 2.05) is 52.8 Å². The summed E-state index contributed by atoms with van der Waals surface area (Å²) < 4.78 is 1.54. The van der Waals surface area contributed by atoms with Crippen molar-refractivity contribution < 1.29 is 4.79 Å². The quantitative estimate of drug-likeness (QED) is 0.939. The highest BCUT2D eigenvalue weighted by Gasteiger charge is 2.23. The second kappa shape index (κ2) is 5.63. The highest BCUT2D eigenvalue weighted by atomic mass is 16.2. The fourth-order valence-electron chi connectivity index (χ4n) is 2.06. The molecule has 0 saturated carbocycles. The molecule has 2 aromatic rings. The Kier molecular flexibility index (Phi) is 4.06. The maximum atomic E-state index is 12.2. The van der Waals surface area contributed by atoms with Gasteiger partial charge in [-0.2, -0.15) is 0 Å². The minimum Gasteiger partial charge on any atom is -0.324 e. The topological polar surface area (TPSA) is 72.7 Å². The highest BCUT2D eigenvalue weighted by Crippen LogP contribution is 2.20. The number of benzene rings is 1. The zero-order chi connectivity index (χ0) is 15.6. The smallest absolute Gasteiger partial charge is 0.246 e. The Morgan fingerprint density at radius 1 is 1.29 bits per heavy atom. The van der Waals surface area contributed by atoms with Gasteiger partial charge in [-0.15, -0.1) is 5.10 Å². The lowest BCUT2D eigenvalue weighted by atomic mass is 9.96. The van der Waals surface area contributed by atoms with Crippen LogP contribution in [0.2, 0.25) is 0 Å². The number of amides is 1. The van der Waals surface area contributed by atoms with E-state index in [1.54, 1.807) is 4.68 Å². The van der Waals surface area contributed by atoms with Crippen LogP contribution < -0.4 is 5.32 Å². The molecule has 6 heteroatoms. The molecule has 1 N–H and O–H groups in total. The standard InChI is InChI=1S/C15H21N5O/c1-10-7-6-8-12(11(10)2)16-13(21)9-20-14(15(3,4)5)17-18-19-20/h6-8H,9H2,1-5H3,(H,16,21). The Balaban J connectivity index is 2.13. The number of tetrazole rings is 1. The van der Waals surface area contributed by atoms with E-state index in [0.29, 0.717) is 5.82 Å². The molecule has 1 amide bonds. The van der Waals surface area contributed by atoms with Gasteiger partial charge in [0.25, 0.3) is 0 Å². The molecule has 0 saturated heterocycles. The Bertz CT molecular complexity index is 654. The summed E-state index contributed by atoms with van der Waals surface area (Å²) >= 11 is 0. The lowest BCUT2D eigenvalue weighted by molar-refractivity contribution is -0.117. The Hall–Kier alpha value is -2.24. The number of nitrogens with zero attached hydrogens (tertiary/aromatic N) is 4. The number of aromatic nitrogens is 4. The van der Waals surface area contributed by atoms with Crippen LogP contribution in [-0.2, 0) is 16.8 Å². The Morgan fingerprint density at radius 3 is 2.67 bits per heavy atom. The summed E-state index contributed by atoms with van der Waals surface area (Å²) in [6, 6.07) is 5.84. The van der Waals surface area contributed by atoms with Gasteiger partial charge in [0.05, 0.1) is 0 Å². The first-order chi connectivity index (χ1) is 9.79. The number of nitrogens with one attached hydrogen (secondary N) is 1. The molecule has 0 atom stereocenters. The van der Waals surface area contributed by atoms with E-state index in [2.05, 4.69) is 20.8 Å². The van der Waals surface area contributed by atoms with Gasteiger partial charge in [-0.3, -0.25) is 4.79 Å².